The van der Waals surface area contributed by atoms with Crippen molar-refractivity contribution in [2.24, 2.45) is 5.16 Å². The topological polar surface area (TPSA) is 59.0 Å². The van der Waals surface area contributed by atoms with Crippen molar-refractivity contribution in [2.45, 2.75) is 38.9 Å². The molecule has 1 heterocycles. The van der Waals surface area contributed by atoms with E-state index in [1.165, 1.54) is 23.1 Å². The van der Waals surface area contributed by atoms with Gasteiger partial charge >= 0.3 is 12.1 Å². The Kier molecular flexibility index (Phi) is 6.45. The van der Waals surface area contributed by atoms with Gasteiger partial charge in [-0.2, -0.15) is 13.2 Å². The number of rotatable bonds is 6. The van der Waals surface area contributed by atoms with E-state index in [0.29, 0.717) is 28.3 Å². The number of hydrogen-bond acceptors (Lipinski definition) is 4. The molecule has 1 aliphatic heterocycles. The Bertz CT molecular complexity index is 1010. The molecule has 0 aliphatic carbocycles. The molecular weight excluding hydrogens is 421 g/mol. The van der Waals surface area contributed by atoms with Crippen molar-refractivity contribution < 1.29 is 27.6 Å². The Morgan fingerprint density at radius 2 is 1.97 bits per heavy atom. The predicted octanol–water partition coefficient (Wildman–Crippen LogP) is 5.34. The maximum absolute atomic E-state index is 13.0. The summed E-state index contributed by atoms with van der Waals surface area (Å²) in [4.78, 5) is 30.8. The Morgan fingerprint density at radius 3 is 2.67 bits per heavy atom. The van der Waals surface area contributed by atoms with E-state index in [1.807, 2.05) is 6.92 Å². The second kappa shape index (κ2) is 8.87. The molecule has 0 spiro atoms. The summed E-state index contributed by atoms with van der Waals surface area (Å²) in [6.45, 7) is 1.81. The highest BCUT2D eigenvalue weighted by Crippen LogP contribution is 2.34. The molecule has 3 rings (SSSR count). The van der Waals surface area contributed by atoms with E-state index in [9.17, 15) is 22.8 Å². The second-order valence-corrected chi connectivity index (χ2v) is 7.19. The van der Waals surface area contributed by atoms with Crippen molar-refractivity contribution in [1.82, 2.24) is 0 Å². The van der Waals surface area contributed by atoms with Gasteiger partial charge in [0.15, 0.2) is 5.71 Å². The molecule has 0 saturated heterocycles. The third-order valence-electron chi connectivity index (χ3n) is 4.52. The van der Waals surface area contributed by atoms with Gasteiger partial charge in [-0.05, 0) is 42.3 Å². The first-order valence-corrected chi connectivity index (χ1v) is 9.64. The van der Waals surface area contributed by atoms with Crippen molar-refractivity contribution >= 4 is 34.9 Å². The molecule has 0 radical (unpaired) electrons. The summed E-state index contributed by atoms with van der Waals surface area (Å²) < 4.78 is 39.0. The molecule has 9 heteroatoms. The maximum atomic E-state index is 13.0. The van der Waals surface area contributed by atoms with Gasteiger partial charge in [0.05, 0.1) is 17.8 Å². The number of oxime groups is 1. The van der Waals surface area contributed by atoms with E-state index in [-0.39, 0.29) is 18.7 Å². The van der Waals surface area contributed by atoms with E-state index in [2.05, 4.69) is 5.16 Å². The lowest BCUT2D eigenvalue weighted by molar-refractivity contribution is -0.143. The number of halogens is 4. The molecule has 0 saturated carbocycles. The monoisotopic (exact) mass is 438 g/mol. The molecule has 1 aliphatic rings. The van der Waals surface area contributed by atoms with Gasteiger partial charge in [0.25, 0.3) is 5.91 Å². The average molecular weight is 439 g/mol. The number of hydrogen-bond donors (Lipinski definition) is 0. The Labute approximate surface area is 176 Å². The van der Waals surface area contributed by atoms with Crippen molar-refractivity contribution in [1.29, 1.82) is 0 Å². The summed E-state index contributed by atoms with van der Waals surface area (Å²) in [5.41, 5.74) is 0.138. The molecule has 0 atom stereocenters. The number of fused-ring (bicyclic) bond motifs is 1. The summed E-state index contributed by atoms with van der Waals surface area (Å²) >= 11 is 6.03. The first-order valence-electron chi connectivity index (χ1n) is 9.26. The normalized spacial score (nSPS) is 14.9. The lowest BCUT2D eigenvalue weighted by Crippen LogP contribution is -2.30. The van der Waals surface area contributed by atoms with E-state index in [4.69, 9.17) is 16.4 Å². The van der Waals surface area contributed by atoms with Gasteiger partial charge in [-0.25, -0.2) is 4.79 Å². The standard InChI is InChI=1S/C21H18ClF3N2O3/c1-2-3-7-18(28)30-26-19-16-11-15(22)8-9-17(16)27(20(19)29)12-13-5-4-6-14(10-13)21(23,24)25/h4-6,8-11H,2-3,7,12H2,1H3. The molecule has 30 heavy (non-hydrogen) atoms. The SMILES string of the molecule is CCCCC(=O)ON=C1C(=O)N(Cc2cccc(C(F)(F)F)c2)c2ccc(Cl)cc21. The van der Waals surface area contributed by atoms with Crippen LogP contribution in [0.3, 0.4) is 0 Å². The molecule has 0 unspecified atom stereocenters. The Morgan fingerprint density at radius 1 is 1.20 bits per heavy atom. The van der Waals surface area contributed by atoms with E-state index < -0.39 is 23.6 Å². The minimum absolute atomic E-state index is 0.111. The van der Waals surface area contributed by atoms with Crippen molar-refractivity contribution in [3.8, 4) is 0 Å². The number of anilines is 1. The number of amides is 1. The summed E-state index contributed by atoms with van der Waals surface area (Å²) in [7, 11) is 0. The first kappa shape index (κ1) is 21.8. The highest BCUT2D eigenvalue weighted by molar-refractivity contribution is 6.54. The summed E-state index contributed by atoms with van der Waals surface area (Å²) in [6.07, 6.45) is -2.90. The molecule has 2 aromatic rings. The minimum atomic E-state index is -4.49. The second-order valence-electron chi connectivity index (χ2n) is 6.76. The van der Waals surface area contributed by atoms with Crippen LogP contribution < -0.4 is 4.90 Å². The fourth-order valence-corrected chi connectivity index (χ4v) is 3.19. The van der Waals surface area contributed by atoms with Crippen molar-refractivity contribution in [2.75, 3.05) is 4.90 Å². The van der Waals surface area contributed by atoms with Crippen LogP contribution in [0.4, 0.5) is 18.9 Å². The Balaban J connectivity index is 1.90. The molecule has 158 valence electrons. The number of benzene rings is 2. The molecular formula is C21H18ClF3N2O3. The fraction of sp³-hybridized carbons (Fsp3) is 0.286. The van der Waals surface area contributed by atoms with Crippen LogP contribution in [0.1, 0.15) is 42.9 Å². The number of nitrogens with zero attached hydrogens (tertiary/aromatic N) is 2. The van der Waals surface area contributed by atoms with Crippen LogP contribution in [-0.4, -0.2) is 17.6 Å². The zero-order valence-electron chi connectivity index (χ0n) is 16.0. The number of alkyl halides is 3. The van der Waals surface area contributed by atoms with E-state index in [0.717, 1.165) is 18.6 Å². The smallest absolute Gasteiger partial charge is 0.317 e. The quantitative estimate of drug-likeness (QED) is 0.451. The van der Waals surface area contributed by atoms with Crippen molar-refractivity contribution in [3.05, 3.63) is 64.2 Å². The van der Waals surface area contributed by atoms with Crippen LogP contribution in [0.2, 0.25) is 5.02 Å². The maximum Gasteiger partial charge on any atom is 0.416 e. The van der Waals surface area contributed by atoms with Gasteiger partial charge in [0.1, 0.15) is 0 Å². The molecule has 0 fully saturated rings. The van der Waals surface area contributed by atoms with E-state index >= 15 is 0 Å². The summed E-state index contributed by atoms with van der Waals surface area (Å²) in [5.74, 6) is -1.16. The minimum Gasteiger partial charge on any atom is -0.317 e. The highest BCUT2D eigenvalue weighted by atomic mass is 35.5. The Hall–Kier alpha value is -2.87. The van der Waals surface area contributed by atoms with Gasteiger partial charge < -0.3 is 9.74 Å². The van der Waals surface area contributed by atoms with Gasteiger partial charge in [-0.15, -0.1) is 0 Å². The third-order valence-corrected chi connectivity index (χ3v) is 4.76. The largest absolute Gasteiger partial charge is 0.416 e. The summed E-state index contributed by atoms with van der Waals surface area (Å²) in [6, 6.07) is 9.37. The molecule has 1 amide bonds. The zero-order valence-corrected chi connectivity index (χ0v) is 16.8. The predicted molar refractivity (Wildman–Crippen MR) is 106 cm³/mol. The molecule has 0 aromatic heterocycles. The molecule has 0 N–H and O–H groups in total. The van der Waals surface area contributed by atoms with Crippen LogP contribution in [0, 0.1) is 0 Å². The van der Waals surface area contributed by atoms with Crippen LogP contribution in [-0.2, 0) is 27.1 Å². The van der Waals surface area contributed by atoms with Gasteiger partial charge in [0.2, 0.25) is 0 Å². The van der Waals surface area contributed by atoms with Crippen molar-refractivity contribution in [3.63, 3.8) is 0 Å². The third kappa shape index (κ3) is 4.81. The first-order chi connectivity index (χ1) is 14.2. The summed E-state index contributed by atoms with van der Waals surface area (Å²) in [5, 5.41) is 4.07. The number of carbonyl (C=O) groups is 2. The van der Waals surface area contributed by atoms with Crippen LogP contribution in [0.25, 0.3) is 0 Å². The number of carbonyl (C=O) groups excluding carboxylic acids is 2. The van der Waals surface area contributed by atoms with Gasteiger partial charge in [-0.3, -0.25) is 4.79 Å². The molecule has 0 bridgehead atoms. The average Bonchev–Trinajstić information content (AvgIpc) is 2.95. The highest BCUT2D eigenvalue weighted by Gasteiger charge is 2.36. The van der Waals surface area contributed by atoms with Crippen LogP contribution in [0.15, 0.2) is 47.6 Å². The number of unbranched alkanes of at least 4 members (excludes halogenated alkanes) is 1. The lowest BCUT2D eigenvalue weighted by Gasteiger charge is -2.18. The molecule has 2 aromatic carbocycles. The van der Waals surface area contributed by atoms with Gasteiger partial charge in [0, 0.05) is 17.0 Å². The van der Waals surface area contributed by atoms with Crippen LogP contribution >= 0.6 is 11.6 Å². The zero-order chi connectivity index (χ0) is 21.9. The van der Waals surface area contributed by atoms with E-state index in [1.54, 1.807) is 12.1 Å². The van der Waals surface area contributed by atoms with Gasteiger partial charge in [-0.1, -0.05) is 42.2 Å². The molecule has 5 nitrogen and oxygen atoms in total. The fourth-order valence-electron chi connectivity index (χ4n) is 3.02. The lowest BCUT2D eigenvalue weighted by atomic mass is 10.1. The van der Waals surface area contributed by atoms with Crippen LogP contribution in [0.5, 0.6) is 0 Å².